The Balaban J connectivity index is 1.75. The van der Waals surface area contributed by atoms with Crippen molar-refractivity contribution in [1.82, 2.24) is 14.8 Å². The lowest BCUT2D eigenvalue weighted by Gasteiger charge is -2.37. The molecule has 2 fully saturated rings. The fourth-order valence-corrected chi connectivity index (χ4v) is 3.59. The molecule has 0 aromatic carbocycles. The Bertz CT molecular complexity index is 558. The maximum absolute atomic E-state index is 12.5. The molecule has 0 spiro atoms. The number of hydrogen-bond donors (Lipinski definition) is 2. The van der Waals surface area contributed by atoms with Gasteiger partial charge in [-0.1, -0.05) is 11.3 Å². The summed E-state index contributed by atoms with van der Waals surface area (Å²) < 4.78 is 0. The number of nitrogens with two attached hydrogens (primary N) is 1. The molecule has 0 bridgehead atoms. The van der Waals surface area contributed by atoms with Gasteiger partial charge in [0.15, 0.2) is 5.13 Å². The quantitative estimate of drug-likeness (QED) is 0.814. The monoisotopic (exact) mass is 295 g/mol. The Hall–Kier alpha value is -1.83. The van der Waals surface area contributed by atoms with Crippen molar-refractivity contribution in [1.29, 1.82) is 0 Å². The standard InChI is InChI=1S/C12H17N5O2S/c1-14-12-15-10(13)9(20-12)11(19)16-4-5-17-7(6-16)2-3-8(17)18/h7H,2-6,13H2,1H3,(H,14,15). The first-order valence-corrected chi connectivity index (χ1v) is 7.44. The van der Waals surface area contributed by atoms with E-state index in [1.165, 1.54) is 11.3 Å². The fourth-order valence-electron chi connectivity index (χ4n) is 2.78. The second-order valence-corrected chi connectivity index (χ2v) is 6.01. The number of nitrogens with zero attached hydrogens (tertiary/aromatic N) is 3. The number of rotatable bonds is 2. The SMILES string of the molecule is CNc1nc(N)c(C(=O)N2CCN3C(=O)CCC3C2)s1. The van der Waals surface area contributed by atoms with Crippen molar-refractivity contribution < 1.29 is 9.59 Å². The van der Waals surface area contributed by atoms with Gasteiger partial charge in [-0.3, -0.25) is 9.59 Å². The van der Waals surface area contributed by atoms with Crippen molar-refractivity contribution in [3.05, 3.63) is 4.88 Å². The van der Waals surface area contributed by atoms with E-state index in [1.54, 1.807) is 11.9 Å². The van der Waals surface area contributed by atoms with Crippen LogP contribution in [-0.4, -0.2) is 59.3 Å². The number of carbonyl (C=O) groups is 2. The van der Waals surface area contributed by atoms with E-state index in [9.17, 15) is 9.59 Å². The van der Waals surface area contributed by atoms with Gasteiger partial charge in [-0.25, -0.2) is 4.98 Å². The summed E-state index contributed by atoms with van der Waals surface area (Å²) in [4.78, 5) is 32.4. The van der Waals surface area contributed by atoms with Crippen LogP contribution in [0, 0.1) is 0 Å². The maximum atomic E-state index is 12.5. The third-order valence-corrected chi connectivity index (χ3v) is 4.92. The third-order valence-electron chi connectivity index (χ3n) is 3.84. The summed E-state index contributed by atoms with van der Waals surface area (Å²) in [5.41, 5.74) is 5.80. The van der Waals surface area contributed by atoms with Gasteiger partial charge in [0.1, 0.15) is 10.7 Å². The van der Waals surface area contributed by atoms with E-state index in [0.717, 1.165) is 6.42 Å². The Morgan fingerprint density at radius 2 is 2.30 bits per heavy atom. The molecule has 3 heterocycles. The Kier molecular flexibility index (Phi) is 3.25. The number of fused-ring (bicyclic) bond motifs is 1. The van der Waals surface area contributed by atoms with Crippen LogP contribution in [0.3, 0.4) is 0 Å². The van der Waals surface area contributed by atoms with Crippen LogP contribution in [0.4, 0.5) is 10.9 Å². The highest BCUT2D eigenvalue weighted by Crippen LogP contribution is 2.28. The van der Waals surface area contributed by atoms with E-state index in [4.69, 9.17) is 5.73 Å². The highest BCUT2D eigenvalue weighted by molar-refractivity contribution is 7.18. The van der Waals surface area contributed by atoms with Crippen LogP contribution in [0.5, 0.6) is 0 Å². The summed E-state index contributed by atoms with van der Waals surface area (Å²) in [7, 11) is 1.75. The largest absolute Gasteiger partial charge is 0.382 e. The molecule has 20 heavy (non-hydrogen) atoms. The van der Waals surface area contributed by atoms with Gasteiger partial charge in [0.2, 0.25) is 5.91 Å². The van der Waals surface area contributed by atoms with E-state index in [0.29, 0.717) is 36.1 Å². The molecule has 0 radical (unpaired) electrons. The zero-order chi connectivity index (χ0) is 14.3. The summed E-state index contributed by atoms with van der Waals surface area (Å²) in [6.45, 7) is 1.77. The molecule has 0 saturated carbocycles. The molecule has 1 aromatic rings. The van der Waals surface area contributed by atoms with E-state index >= 15 is 0 Å². The fraction of sp³-hybridized carbons (Fsp3) is 0.583. The van der Waals surface area contributed by atoms with Crippen molar-refractivity contribution >= 4 is 34.1 Å². The number of thiazole rings is 1. The average molecular weight is 295 g/mol. The summed E-state index contributed by atoms with van der Waals surface area (Å²) in [5.74, 6) is 0.395. The molecule has 108 valence electrons. The van der Waals surface area contributed by atoms with Crippen LogP contribution in [-0.2, 0) is 4.79 Å². The highest BCUT2D eigenvalue weighted by Gasteiger charge is 2.37. The number of aromatic nitrogens is 1. The van der Waals surface area contributed by atoms with Crippen molar-refractivity contribution in [2.45, 2.75) is 18.9 Å². The third kappa shape index (κ3) is 2.09. The Morgan fingerprint density at radius 3 is 3.00 bits per heavy atom. The van der Waals surface area contributed by atoms with Crippen LogP contribution >= 0.6 is 11.3 Å². The predicted octanol–water partition coefficient (Wildman–Crippen LogP) is 0.214. The lowest BCUT2D eigenvalue weighted by atomic mass is 10.1. The molecular weight excluding hydrogens is 278 g/mol. The second-order valence-electron chi connectivity index (χ2n) is 5.01. The summed E-state index contributed by atoms with van der Waals surface area (Å²) in [6.07, 6.45) is 1.43. The lowest BCUT2D eigenvalue weighted by molar-refractivity contribution is -0.130. The number of amides is 2. The van der Waals surface area contributed by atoms with Crippen molar-refractivity contribution in [2.75, 3.05) is 37.7 Å². The van der Waals surface area contributed by atoms with Gasteiger partial charge in [0.05, 0.1) is 0 Å². The minimum absolute atomic E-state index is 0.0829. The van der Waals surface area contributed by atoms with Gasteiger partial charge in [0.25, 0.3) is 5.91 Å². The summed E-state index contributed by atoms with van der Waals surface area (Å²) in [5, 5.41) is 3.53. The first-order valence-electron chi connectivity index (χ1n) is 6.63. The van der Waals surface area contributed by atoms with Crippen LogP contribution in [0.25, 0.3) is 0 Å². The molecule has 2 aliphatic heterocycles. The van der Waals surface area contributed by atoms with Gasteiger partial charge >= 0.3 is 0 Å². The summed E-state index contributed by atoms with van der Waals surface area (Å²) in [6, 6.07) is 0.165. The van der Waals surface area contributed by atoms with E-state index in [-0.39, 0.29) is 23.7 Å². The van der Waals surface area contributed by atoms with Gasteiger partial charge in [-0.05, 0) is 6.42 Å². The van der Waals surface area contributed by atoms with Gasteiger partial charge in [0, 0.05) is 39.1 Å². The minimum Gasteiger partial charge on any atom is -0.382 e. The number of piperazine rings is 1. The van der Waals surface area contributed by atoms with Crippen LogP contribution in [0.1, 0.15) is 22.5 Å². The molecule has 2 amide bonds. The van der Waals surface area contributed by atoms with Gasteiger partial charge < -0.3 is 20.9 Å². The Morgan fingerprint density at radius 1 is 1.50 bits per heavy atom. The van der Waals surface area contributed by atoms with E-state index in [2.05, 4.69) is 10.3 Å². The summed E-state index contributed by atoms with van der Waals surface area (Å²) >= 11 is 1.27. The van der Waals surface area contributed by atoms with Crippen LogP contribution in [0.15, 0.2) is 0 Å². The van der Waals surface area contributed by atoms with Crippen molar-refractivity contribution in [2.24, 2.45) is 0 Å². The van der Waals surface area contributed by atoms with E-state index < -0.39 is 0 Å². The maximum Gasteiger partial charge on any atom is 0.267 e. The van der Waals surface area contributed by atoms with Gasteiger partial charge in [-0.15, -0.1) is 0 Å². The number of carbonyl (C=O) groups excluding carboxylic acids is 2. The highest BCUT2D eigenvalue weighted by atomic mass is 32.1. The van der Waals surface area contributed by atoms with Crippen LogP contribution in [0.2, 0.25) is 0 Å². The molecule has 3 N–H and O–H groups in total. The van der Waals surface area contributed by atoms with Crippen LogP contribution < -0.4 is 11.1 Å². The normalized spacial score (nSPS) is 22.1. The molecule has 1 aromatic heterocycles. The topological polar surface area (TPSA) is 91.6 Å². The molecule has 2 saturated heterocycles. The molecular formula is C12H17N5O2S. The number of anilines is 2. The first-order chi connectivity index (χ1) is 9.60. The lowest BCUT2D eigenvalue weighted by Crippen LogP contribution is -2.53. The average Bonchev–Trinajstić information content (AvgIpc) is 3.01. The minimum atomic E-state index is -0.0829. The molecule has 8 heteroatoms. The number of nitrogen functional groups attached to an aromatic ring is 1. The molecule has 1 atom stereocenters. The number of hydrogen-bond acceptors (Lipinski definition) is 6. The van der Waals surface area contributed by atoms with E-state index in [1.807, 2.05) is 4.90 Å². The molecule has 0 aliphatic carbocycles. The van der Waals surface area contributed by atoms with Crippen molar-refractivity contribution in [3.63, 3.8) is 0 Å². The first kappa shape index (κ1) is 13.2. The van der Waals surface area contributed by atoms with Gasteiger partial charge in [-0.2, -0.15) is 0 Å². The zero-order valence-electron chi connectivity index (χ0n) is 11.3. The predicted molar refractivity (Wildman–Crippen MR) is 76.7 cm³/mol. The molecule has 3 rings (SSSR count). The molecule has 1 unspecified atom stereocenters. The molecule has 7 nitrogen and oxygen atoms in total. The second kappa shape index (κ2) is 4.93. The zero-order valence-corrected chi connectivity index (χ0v) is 12.1. The smallest absolute Gasteiger partial charge is 0.267 e. The van der Waals surface area contributed by atoms with Crippen molar-refractivity contribution in [3.8, 4) is 0 Å². The number of nitrogens with one attached hydrogen (secondary N) is 1. The Labute approximate surface area is 120 Å². The molecule has 2 aliphatic rings.